The van der Waals surface area contributed by atoms with Gasteiger partial charge in [0.05, 0.1) is 24.8 Å². The van der Waals surface area contributed by atoms with Gasteiger partial charge in [0, 0.05) is 12.1 Å². The second kappa shape index (κ2) is 8.89. The first-order chi connectivity index (χ1) is 15.7. The van der Waals surface area contributed by atoms with Gasteiger partial charge in [-0.1, -0.05) is 35.9 Å². The van der Waals surface area contributed by atoms with Gasteiger partial charge < -0.3 is 5.32 Å². The van der Waals surface area contributed by atoms with Crippen LogP contribution in [0, 0.1) is 6.92 Å². The van der Waals surface area contributed by atoms with Crippen LogP contribution in [0.1, 0.15) is 27.0 Å². The third-order valence-electron chi connectivity index (χ3n) is 5.16. The number of hydrogen-bond acceptors (Lipinski definition) is 4. The van der Waals surface area contributed by atoms with Crippen LogP contribution in [0.15, 0.2) is 65.8 Å². The molecular formula is C23H20F3N5O2. The Balaban J connectivity index is 1.43. The largest absolute Gasteiger partial charge is 0.416 e. The highest BCUT2D eigenvalue weighted by molar-refractivity contribution is 5.94. The number of fused-ring (bicyclic) bond motifs is 1. The van der Waals surface area contributed by atoms with Gasteiger partial charge in [0.2, 0.25) is 0 Å². The minimum atomic E-state index is -4.53. The summed E-state index contributed by atoms with van der Waals surface area (Å²) in [6, 6.07) is 12.0. The number of amides is 1. The number of hydrogen-bond donors (Lipinski definition) is 1. The van der Waals surface area contributed by atoms with E-state index in [1.807, 2.05) is 31.2 Å². The Labute approximate surface area is 186 Å². The molecule has 1 N–H and O–H groups in total. The SMILES string of the molecule is Cc1ccc(Cn2cnc3c(cnn3CCNC(=O)c3cccc(C(F)(F)F)c3)c2=O)cc1. The van der Waals surface area contributed by atoms with E-state index in [0.717, 1.165) is 23.3 Å². The lowest BCUT2D eigenvalue weighted by atomic mass is 10.1. The third-order valence-corrected chi connectivity index (χ3v) is 5.16. The molecule has 0 unspecified atom stereocenters. The fraction of sp³-hybridized carbons (Fsp3) is 0.217. The van der Waals surface area contributed by atoms with Crippen LogP contribution in [0.2, 0.25) is 0 Å². The summed E-state index contributed by atoms with van der Waals surface area (Å²) >= 11 is 0. The Morgan fingerprint density at radius 3 is 2.61 bits per heavy atom. The molecule has 0 spiro atoms. The fourth-order valence-corrected chi connectivity index (χ4v) is 3.38. The molecule has 0 aliphatic carbocycles. The van der Waals surface area contributed by atoms with Gasteiger partial charge in [0.25, 0.3) is 11.5 Å². The first-order valence-electron chi connectivity index (χ1n) is 10.1. The van der Waals surface area contributed by atoms with E-state index in [2.05, 4.69) is 15.4 Å². The van der Waals surface area contributed by atoms with E-state index in [0.29, 0.717) is 17.6 Å². The molecule has 0 saturated carbocycles. The van der Waals surface area contributed by atoms with E-state index >= 15 is 0 Å². The van der Waals surface area contributed by atoms with Gasteiger partial charge >= 0.3 is 6.18 Å². The molecule has 0 aliphatic heterocycles. The van der Waals surface area contributed by atoms with Crippen LogP contribution in [0.4, 0.5) is 13.2 Å². The van der Waals surface area contributed by atoms with Gasteiger partial charge in [-0.25, -0.2) is 9.67 Å². The van der Waals surface area contributed by atoms with Crippen LogP contribution < -0.4 is 10.9 Å². The predicted molar refractivity (Wildman–Crippen MR) is 116 cm³/mol. The molecule has 0 saturated heterocycles. The van der Waals surface area contributed by atoms with Crippen molar-refractivity contribution in [3.8, 4) is 0 Å². The van der Waals surface area contributed by atoms with Crippen LogP contribution in [0.5, 0.6) is 0 Å². The van der Waals surface area contributed by atoms with Crippen molar-refractivity contribution in [3.05, 3.63) is 93.7 Å². The topological polar surface area (TPSA) is 81.8 Å². The number of halogens is 3. The van der Waals surface area contributed by atoms with Crippen LogP contribution in [0.3, 0.4) is 0 Å². The normalized spacial score (nSPS) is 11.6. The van der Waals surface area contributed by atoms with Crippen molar-refractivity contribution in [1.29, 1.82) is 0 Å². The molecule has 0 aliphatic rings. The monoisotopic (exact) mass is 455 g/mol. The average Bonchev–Trinajstić information content (AvgIpc) is 3.20. The van der Waals surface area contributed by atoms with Crippen molar-refractivity contribution in [1.82, 2.24) is 24.6 Å². The van der Waals surface area contributed by atoms with Crippen molar-refractivity contribution in [2.75, 3.05) is 6.54 Å². The van der Waals surface area contributed by atoms with Gasteiger partial charge in [0.1, 0.15) is 11.7 Å². The van der Waals surface area contributed by atoms with Crippen LogP contribution in [0.25, 0.3) is 11.0 Å². The molecule has 2 heterocycles. The molecule has 4 rings (SSSR count). The summed E-state index contributed by atoms with van der Waals surface area (Å²) in [5, 5.41) is 7.08. The smallest absolute Gasteiger partial charge is 0.350 e. The maximum absolute atomic E-state index is 12.8. The highest BCUT2D eigenvalue weighted by Gasteiger charge is 2.30. The van der Waals surface area contributed by atoms with Crippen LogP contribution in [-0.4, -0.2) is 31.8 Å². The van der Waals surface area contributed by atoms with Gasteiger partial charge in [-0.15, -0.1) is 0 Å². The third kappa shape index (κ3) is 4.94. The molecule has 2 aromatic carbocycles. The molecule has 2 aromatic heterocycles. The molecule has 0 bridgehead atoms. The van der Waals surface area contributed by atoms with E-state index in [4.69, 9.17) is 0 Å². The van der Waals surface area contributed by atoms with E-state index in [9.17, 15) is 22.8 Å². The maximum Gasteiger partial charge on any atom is 0.416 e. The summed E-state index contributed by atoms with van der Waals surface area (Å²) in [6.45, 7) is 2.66. The zero-order valence-corrected chi connectivity index (χ0v) is 17.6. The number of nitrogens with one attached hydrogen (secondary N) is 1. The van der Waals surface area contributed by atoms with Crippen molar-refractivity contribution in [2.45, 2.75) is 26.2 Å². The number of carbonyl (C=O) groups excluding carboxylic acids is 1. The van der Waals surface area contributed by atoms with Crippen molar-refractivity contribution < 1.29 is 18.0 Å². The molecule has 0 radical (unpaired) electrons. The summed E-state index contributed by atoms with van der Waals surface area (Å²) in [5.41, 5.74) is 1.24. The highest BCUT2D eigenvalue weighted by Crippen LogP contribution is 2.29. The first kappa shape index (κ1) is 22.3. The zero-order valence-electron chi connectivity index (χ0n) is 17.6. The Morgan fingerprint density at radius 1 is 1.12 bits per heavy atom. The molecule has 0 fully saturated rings. The van der Waals surface area contributed by atoms with E-state index in [1.54, 1.807) is 0 Å². The minimum Gasteiger partial charge on any atom is -0.350 e. The van der Waals surface area contributed by atoms with E-state index in [1.165, 1.54) is 33.9 Å². The summed E-state index contributed by atoms with van der Waals surface area (Å²) in [4.78, 5) is 29.4. The summed E-state index contributed by atoms with van der Waals surface area (Å²) < 4.78 is 41.5. The molecule has 170 valence electrons. The zero-order chi connectivity index (χ0) is 23.6. The van der Waals surface area contributed by atoms with Crippen molar-refractivity contribution >= 4 is 16.9 Å². The first-order valence-corrected chi connectivity index (χ1v) is 10.1. The second-order valence-corrected chi connectivity index (χ2v) is 7.60. The molecule has 7 nitrogen and oxygen atoms in total. The Kier molecular flexibility index (Phi) is 5.99. The number of aryl methyl sites for hydroxylation is 1. The Bertz CT molecular complexity index is 1360. The molecule has 4 aromatic rings. The van der Waals surface area contributed by atoms with Gasteiger partial charge in [-0.3, -0.25) is 14.2 Å². The second-order valence-electron chi connectivity index (χ2n) is 7.60. The number of aromatic nitrogens is 4. The van der Waals surface area contributed by atoms with Crippen LogP contribution in [-0.2, 0) is 19.3 Å². The molecule has 1 amide bonds. The number of nitrogens with zero attached hydrogens (tertiary/aromatic N) is 4. The summed E-state index contributed by atoms with van der Waals surface area (Å²) in [7, 11) is 0. The predicted octanol–water partition coefficient (Wildman–Crippen LogP) is 3.40. The fourth-order valence-electron chi connectivity index (χ4n) is 3.38. The maximum atomic E-state index is 12.8. The van der Waals surface area contributed by atoms with E-state index < -0.39 is 17.6 Å². The Hall–Kier alpha value is -3.95. The minimum absolute atomic E-state index is 0.0905. The van der Waals surface area contributed by atoms with E-state index in [-0.39, 0.29) is 24.2 Å². The van der Waals surface area contributed by atoms with Gasteiger partial charge in [0.15, 0.2) is 5.65 Å². The lowest BCUT2D eigenvalue weighted by Crippen LogP contribution is -2.28. The molecule has 33 heavy (non-hydrogen) atoms. The number of carbonyl (C=O) groups is 1. The average molecular weight is 455 g/mol. The van der Waals surface area contributed by atoms with Crippen molar-refractivity contribution in [2.24, 2.45) is 0 Å². The van der Waals surface area contributed by atoms with Gasteiger partial charge in [-0.2, -0.15) is 18.3 Å². The van der Waals surface area contributed by atoms with Crippen molar-refractivity contribution in [3.63, 3.8) is 0 Å². The summed E-state index contributed by atoms with van der Waals surface area (Å²) in [6.07, 6.45) is -1.66. The Morgan fingerprint density at radius 2 is 1.88 bits per heavy atom. The van der Waals surface area contributed by atoms with Gasteiger partial charge in [-0.05, 0) is 30.7 Å². The molecule has 0 atom stereocenters. The summed E-state index contributed by atoms with van der Waals surface area (Å²) in [5.74, 6) is -0.633. The number of rotatable bonds is 6. The van der Waals surface area contributed by atoms with Crippen LogP contribution >= 0.6 is 0 Å². The quantitative estimate of drug-likeness (QED) is 0.483. The standard InChI is InChI=1S/C23H20F3N5O2/c1-15-5-7-16(8-6-15)13-30-14-28-20-19(22(30)33)12-29-31(20)10-9-27-21(32)17-3-2-4-18(11-17)23(24,25)26/h2-8,11-12,14H,9-10,13H2,1H3,(H,27,32). The lowest BCUT2D eigenvalue weighted by Gasteiger charge is -2.10. The number of benzene rings is 2. The molecular weight excluding hydrogens is 435 g/mol. The highest BCUT2D eigenvalue weighted by atomic mass is 19.4. The lowest BCUT2D eigenvalue weighted by molar-refractivity contribution is -0.137. The number of alkyl halides is 3. The molecule has 10 heteroatoms.